The molecule has 7 heteroatoms. The summed E-state index contributed by atoms with van der Waals surface area (Å²) < 4.78 is 32.1. The van der Waals surface area contributed by atoms with Gasteiger partial charge in [0.15, 0.2) is 0 Å². The van der Waals surface area contributed by atoms with Gasteiger partial charge in [-0.05, 0) is 44.0 Å². The molecule has 23 heavy (non-hydrogen) atoms. The summed E-state index contributed by atoms with van der Waals surface area (Å²) in [5, 5.41) is 0. The van der Waals surface area contributed by atoms with E-state index < -0.39 is 10.0 Å². The standard InChI is InChI=1S/C16H26N2O4S/c1-4-11-18(12-5-2)16(19)13-17-23(20,21)15-9-7-14(8-10-15)22-6-3/h7-10,17H,4-6,11-13H2,1-3H3. The third-order valence-electron chi connectivity index (χ3n) is 3.20. The highest BCUT2D eigenvalue weighted by Crippen LogP contribution is 2.15. The summed E-state index contributed by atoms with van der Waals surface area (Å²) in [7, 11) is -3.70. The summed E-state index contributed by atoms with van der Waals surface area (Å²) in [6.07, 6.45) is 1.69. The van der Waals surface area contributed by atoms with Crippen molar-refractivity contribution in [3.63, 3.8) is 0 Å². The summed E-state index contributed by atoms with van der Waals surface area (Å²) >= 11 is 0. The van der Waals surface area contributed by atoms with Gasteiger partial charge in [0, 0.05) is 13.1 Å². The van der Waals surface area contributed by atoms with Gasteiger partial charge in [-0.3, -0.25) is 4.79 Å². The number of nitrogens with one attached hydrogen (secondary N) is 1. The first-order valence-corrected chi connectivity index (χ1v) is 9.43. The largest absolute Gasteiger partial charge is 0.494 e. The van der Waals surface area contributed by atoms with Crippen LogP contribution in [0.3, 0.4) is 0 Å². The van der Waals surface area contributed by atoms with E-state index in [9.17, 15) is 13.2 Å². The maximum absolute atomic E-state index is 12.2. The van der Waals surface area contributed by atoms with Gasteiger partial charge in [0.2, 0.25) is 15.9 Å². The van der Waals surface area contributed by atoms with Crippen LogP contribution < -0.4 is 9.46 Å². The van der Waals surface area contributed by atoms with Crippen molar-refractivity contribution in [1.82, 2.24) is 9.62 Å². The van der Waals surface area contributed by atoms with Crippen LogP contribution in [0, 0.1) is 0 Å². The Labute approximate surface area is 138 Å². The maximum Gasteiger partial charge on any atom is 0.241 e. The van der Waals surface area contributed by atoms with Crippen LogP contribution in [0.25, 0.3) is 0 Å². The minimum absolute atomic E-state index is 0.117. The number of carbonyl (C=O) groups excluding carboxylic acids is 1. The Hall–Kier alpha value is -1.60. The number of rotatable bonds is 10. The Balaban J connectivity index is 2.68. The first kappa shape index (κ1) is 19.4. The molecule has 1 N–H and O–H groups in total. The minimum atomic E-state index is -3.70. The number of hydrogen-bond acceptors (Lipinski definition) is 4. The van der Waals surface area contributed by atoms with Gasteiger partial charge in [0.05, 0.1) is 18.0 Å². The monoisotopic (exact) mass is 342 g/mol. The van der Waals surface area contributed by atoms with E-state index >= 15 is 0 Å². The molecular formula is C16H26N2O4S. The van der Waals surface area contributed by atoms with Crippen LogP contribution in [0.15, 0.2) is 29.2 Å². The lowest BCUT2D eigenvalue weighted by Crippen LogP contribution is -2.40. The van der Waals surface area contributed by atoms with Crippen molar-refractivity contribution in [2.75, 3.05) is 26.2 Å². The average molecular weight is 342 g/mol. The normalized spacial score (nSPS) is 11.3. The molecule has 0 unspecified atom stereocenters. The van der Waals surface area contributed by atoms with Crippen molar-refractivity contribution in [1.29, 1.82) is 0 Å². The van der Waals surface area contributed by atoms with Gasteiger partial charge in [-0.2, -0.15) is 0 Å². The number of benzene rings is 1. The molecule has 0 atom stereocenters. The van der Waals surface area contributed by atoms with Crippen molar-refractivity contribution in [3.05, 3.63) is 24.3 Å². The van der Waals surface area contributed by atoms with Gasteiger partial charge in [-0.25, -0.2) is 13.1 Å². The van der Waals surface area contributed by atoms with Crippen LogP contribution in [0.5, 0.6) is 5.75 Å². The second-order valence-corrected chi connectivity index (χ2v) is 6.88. The molecular weight excluding hydrogens is 316 g/mol. The van der Waals surface area contributed by atoms with Gasteiger partial charge in [0.1, 0.15) is 5.75 Å². The van der Waals surface area contributed by atoms with E-state index in [2.05, 4.69) is 4.72 Å². The molecule has 0 radical (unpaired) electrons. The first-order valence-electron chi connectivity index (χ1n) is 7.94. The third kappa shape index (κ3) is 6.19. The molecule has 1 amide bonds. The molecule has 0 aromatic heterocycles. The minimum Gasteiger partial charge on any atom is -0.494 e. The van der Waals surface area contributed by atoms with E-state index in [-0.39, 0.29) is 17.3 Å². The number of sulfonamides is 1. The predicted octanol–water partition coefficient (Wildman–Crippen LogP) is 2.01. The van der Waals surface area contributed by atoms with Crippen molar-refractivity contribution in [2.24, 2.45) is 0 Å². The zero-order valence-electron chi connectivity index (χ0n) is 14.0. The fourth-order valence-electron chi connectivity index (χ4n) is 2.13. The second-order valence-electron chi connectivity index (χ2n) is 5.11. The fourth-order valence-corrected chi connectivity index (χ4v) is 3.11. The van der Waals surface area contributed by atoms with Crippen LogP contribution in [-0.2, 0) is 14.8 Å². The molecule has 0 saturated carbocycles. The van der Waals surface area contributed by atoms with Crippen LogP contribution in [0.1, 0.15) is 33.6 Å². The number of carbonyl (C=O) groups is 1. The Morgan fingerprint density at radius 2 is 1.65 bits per heavy atom. The van der Waals surface area contributed by atoms with Crippen molar-refractivity contribution >= 4 is 15.9 Å². The number of amides is 1. The zero-order chi connectivity index (χ0) is 17.3. The molecule has 0 aliphatic heterocycles. The number of ether oxygens (including phenoxy) is 1. The van der Waals surface area contributed by atoms with Crippen LogP contribution in [0.2, 0.25) is 0 Å². The van der Waals surface area contributed by atoms with Crippen LogP contribution in [0.4, 0.5) is 0 Å². The number of nitrogens with zero attached hydrogens (tertiary/aromatic N) is 1. The summed E-state index contributed by atoms with van der Waals surface area (Å²) in [6.45, 7) is 7.39. The number of hydrogen-bond donors (Lipinski definition) is 1. The molecule has 0 heterocycles. The van der Waals surface area contributed by atoms with Crippen LogP contribution in [-0.4, -0.2) is 45.5 Å². The van der Waals surface area contributed by atoms with E-state index in [0.717, 1.165) is 12.8 Å². The molecule has 1 aromatic rings. The molecule has 0 saturated heterocycles. The highest BCUT2D eigenvalue weighted by molar-refractivity contribution is 7.89. The molecule has 1 aromatic carbocycles. The van der Waals surface area contributed by atoms with Gasteiger partial charge >= 0.3 is 0 Å². The summed E-state index contributed by atoms with van der Waals surface area (Å²) in [6, 6.07) is 6.13. The van der Waals surface area contributed by atoms with E-state index in [4.69, 9.17) is 4.74 Å². The molecule has 0 fully saturated rings. The molecule has 130 valence electrons. The van der Waals surface area contributed by atoms with Crippen LogP contribution >= 0.6 is 0 Å². The molecule has 1 rings (SSSR count). The van der Waals surface area contributed by atoms with Gasteiger partial charge in [-0.1, -0.05) is 13.8 Å². The molecule has 0 aliphatic rings. The van der Waals surface area contributed by atoms with E-state index in [1.54, 1.807) is 17.0 Å². The topological polar surface area (TPSA) is 75.7 Å². The molecule has 6 nitrogen and oxygen atoms in total. The predicted molar refractivity (Wildman–Crippen MR) is 90.0 cm³/mol. The Morgan fingerprint density at radius 1 is 1.09 bits per heavy atom. The van der Waals surface area contributed by atoms with E-state index in [1.165, 1.54) is 12.1 Å². The highest BCUT2D eigenvalue weighted by atomic mass is 32.2. The lowest BCUT2D eigenvalue weighted by atomic mass is 10.3. The molecule has 0 aliphatic carbocycles. The third-order valence-corrected chi connectivity index (χ3v) is 4.62. The van der Waals surface area contributed by atoms with Gasteiger partial charge in [0.25, 0.3) is 0 Å². The highest BCUT2D eigenvalue weighted by Gasteiger charge is 2.18. The van der Waals surface area contributed by atoms with E-state index in [0.29, 0.717) is 25.4 Å². The van der Waals surface area contributed by atoms with Crippen molar-refractivity contribution in [2.45, 2.75) is 38.5 Å². The lowest BCUT2D eigenvalue weighted by molar-refractivity contribution is -0.130. The fraction of sp³-hybridized carbons (Fsp3) is 0.562. The van der Waals surface area contributed by atoms with Gasteiger partial charge in [-0.15, -0.1) is 0 Å². The van der Waals surface area contributed by atoms with Crippen molar-refractivity contribution < 1.29 is 17.9 Å². The quantitative estimate of drug-likeness (QED) is 0.706. The summed E-state index contributed by atoms with van der Waals surface area (Å²) in [5.41, 5.74) is 0. The summed E-state index contributed by atoms with van der Waals surface area (Å²) in [5.74, 6) is 0.405. The SMILES string of the molecule is CCCN(CCC)C(=O)CNS(=O)(=O)c1ccc(OCC)cc1. The average Bonchev–Trinajstić information content (AvgIpc) is 2.53. The summed E-state index contributed by atoms with van der Waals surface area (Å²) in [4.78, 5) is 13.9. The zero-order valence-corrected chi connectivity index (χ0v) is 14.9. The van der Waals surface area contributed by atoms with Crippen molar-refractivity contribution in [3.8, 4) is 5.75 Å². The smallest absolute Gasteiger partial charge is 0.241 e. The Morgan fingerprint density at radius 3 is 2.13 bits per heavy atom. The molecule has 0 spiro atoms. The lowest BCUT2D eigenvalue weighted by Gasteiger charge is -2.21. The second kappa shape index (κ2) is 9.52. The van der Waals surface area contributed by atoms with Gasteiger partial charge < -0.3 is 9.64 Å². The Bertz CT molecular complexity index is 579. The molecule has 0 bridgehead atoms. The van der Waals surface area contributed by atoms with E-state index in [1.807, 2.05) is 20.8 Å². The first-order chi connectivity index (χ1) is 10.9. The maximum atomic E-state index is 12.2. The Kier molecular flexibility index (Phi) is 8.05.